The van der Waals surface area contributed by atoms with Crippen molar-refractivity contribution >= 4 is 0 Å². The fraction of sp³-hybridized carbons (Fsp3) is 0.250. The van der Waals surface area contributed by atoms with Gasteiger partial charge in [-0.25, -0.2) is 0 Å². The zero-order chi connectivity index (χ0) is 18.4. The molecule has 138 valence electrons. The summed E-state index contributed by atoms with van der Waals surface area (Å²) < 4.78 is 22.4. The first-order chi connectivity index (χ1) is 13.2. The Bertz CT molecular complexity index is 1030. The number of aryl methyl sites for hydroxylation is 1. The topological polar surface area (TPSA) is 85.8 Å². The van der Waals surface area contributed by atoms with E-state index in [0.29, 0.717) is 54.9 Å². The van der Waals surface area contributed by atoms with E-state index in [9.17, 15) is 5.11 Å². The van der Waals surface area contributed by atoms with Crippen molar-refractivity contribution in [3.05, 3.63) is 36.0 Å². The van der Waals surface area contributed by atoms with Crippen LogP contribution in [0.3, 0.4) is 0 Å². The lowest BCUT2D eigenvalue weighted by molar-refractivity contribution is 0.166. The molecule has 27 heavy (non-hydrogen) atoms. The molecule has 0 amide bonds. The second-order valence-electron chi connectivity index (χ2n) is 6.42. The van der Waals surface area contributed by atoms with E-state index in [-0.39, 0.29) is 5.75 Å². The van der Waals surface area contributed by atoms with Gasteiger partial charge in [0.15, 0.2) is 23.0 Å². The third kappa shape index (κ3) is 2.54. The van der Waals surface area contributed by atoms with E-state index in [0.717, 1.165) is 22.6 Å². The van der Waals surface area contributed by atoms with Crippen LogP contribution in [0.2, 0.25) is 0 Å². The van der Waals surface area contributed by atoms with Crippen molar-refractivity contribution in [2.75, 3.05) is 26.4 Å². The number of hydrogen-bond donors (Lipinski definition) is 2. The van der Waals surface area contributed by atoms with Crippen LogP contribution in [0.25, 0.3) is 22.4 Å². The van der Waals surface area contributed by atoms with Gasteiger partial charge in [0.25, 0.3) is 0 Å². The van der Waals surface area contributed by atoms with E-state index in [1.54, 1.807) is 12.1 Å². The number of nitrogens with zero attached hydrogens (tertiary/aromatic N) is 1. The quantitative estimate of drug-likeness (QED) is 0.724. The van der Waals surface area contributed by atoms with Crippen molar-refractivity contribution in [2.45, 2.75) is 6.92 Å². The molecule has 0 fully saturated rings. The van der Waals surface area contributed by atoms with Crippen LogP contribution in [0.1, 0.15) is 5.69 Å². The van der Waals surface area contributed by atoms with Crippen molar-refractivity contribution in [2.24, 2.45) is 0 Å². The predicted molar refractivity (Wildman–Crippen MR) is 97.8 cm³/mol. The molecule has 3 aromatic rings. The van der Waals surface area contributed by atoms with Gasteiger partial charge in [-0.3, -0.25) is 5.10 Å². The maximum Gasteiger partial charge on any atom is 0.204 e. The van der Waals surface area contributed by atoms with Gasteiger partial charge in [-0.1, -0.05) is 6.07 Å². The van der Waals surface area contributed by atoms with Crippen LogP contribution >= 0.6 is 0 Å². The Balaban J connectivity index is 1.64. The van der Waals surface area contributed by atoms with Gasteiger partial charge >= 0.3 is 0 Å². The average Bonchev–Trinajstić information content (AvgIpc) is 3.09. The van der Waals surface area contributed by atoms with Crippen LogP contribution < -0.4 is 18.9 Å². The molecule has 7 nitrogen and oxygen atoms in total. The minimum Gasteiger partial charge on any atom is -0.504 e. The fourth-order valence-corrected chi connectivity index (χ4v) is 3.47. The highest BCUT2D eigenvalue weighted by Crippen LogP contribution is 2.47. The van der Waals surface area contributed by atoms with Gasteiger partial charge in [-0.2, -0.15) is 5.10 Å². The van der Waals surface area contributed by atoms with E-state index in [4.69, 9.17) is 18.9 Å². The molecule has 3 heterocycles. The molecule has 5 rings (SSSR count). The Kier molecular flexibility index (Phi) is 3.60. The number of aromatic hydroxyl groups is 1. The molecule has 0 radical (unpaired) electrons. The van der Waals surface area contributed by atoms with Crippen molar-refractivity contribution in [1.29, 1.82) is 0 Å². The summed E-state index contributed by atoms with van der Waals surface area (Å²) in [5.74, 6) is 2.35. The summed E-state index contributed by atoms with van der Waals surface area (Å²) in [6, 6.07) is 9.37. The summed E-state index contributed by atoms with van der Waals surface area (Å²) in [6.07, 6.45) is 0. The number of rotatable bonds is 2. The SMILES string of the molecule is Cc1[nH]nc(-c2ccc3c(c2O)OCCO3)c1-c1ccc2c(c1)OCCO2. The molecular weight excluding hydrogens is 348 g/mol. The van der Waals surface area contributed by atoms with Crippen LogP contribution in [0.4, 0.5) is 0 Å². The molecule has 0 saturated heterocycles. The monoisotopic (exact) mass is 366 g/mol. The number of aromatic amines is 1. The Morgan fingerprint density at radius 1 is 0.889 bits per heavy atom. The molecular formula is C20H18N2O5. The van der Waals surface area contributed by atoms with Crippen molar-refractivity contribution in [3.8, 4) is 51.1 Å². The molecule has 0 aliphatic carbocycles. The minimum absolute atomic E-state index is 0.0255. The van der Waals surface area contributed by atoms with Crippen LogP contribution in [0.5, 0.6) is 28.7 Å². The molecule has 0 spiro atoms. The lowest BCUT2D eigenvalue weighted by atomic mass is 9.98. The first-order valence-corrected chi connectivity index (χ1v) is 8.79. The van der Waals surface area contributed by atoms with Crippen LogP contribution in [-0.4, -0.2) is 41.7 Å². The first-order valence-electron chi connectivity index (χ1n) is 8.79. The molecule has 1 aromatic heterocycles. The smallest absolute Gasteiger partial charge is 0.204 e. The van der Waals surface area contributed by atoms with Crippen molar-refractivity contribution < 1.29 is 24.1 Å². The van der Waals surface area contributed by atoms with Gasteiger partial charge in [0.2, 0.25) is 5.75 Å². The van der Waals surface area contributed by atoms with Gasteiger partial charge in [-0.15, -0.1) is 0 Å². The second kappa shape index (κ2) is 6.12. The Labute approximate surface area is 155 Å². The van der Waals surface area contributed by atoms with Gasteiger partial charge in [-0.05, 0) is 36.8 Å². The first kappa shape index (κ1) is 15.9. The summed E-state index contributed by atoms with van der Waals surface area (Å²) in [7, 11) is 0. The number of benzene rings is 2. The average molecular weight is 366 g/mol. The number of fused-ring (bicyclic) bond motifs is 2. The predicted octanol–water partition coefficient (Wildman–Crippen LogP) is 3.30. The van der Waals surface area contributed by atoms with E-state index in [1.165, 1.54) is 0 Å². The third-order valence-corrected chi connectivity index (χ3v) is 4.72. The molecule has 0 unspecified atom stereocenters. The second-order valence-corrected chi connectivity index (χ2v) is 6.42. The maximum absolute atomic E-state index is 10.8. The molecule has 2 aliphatic heterocycles. The van der Waals surface area contributed by atoms with Crippen molar-refractivity contribution in [1.82, 2.24) is 10.2 Å². The normalized spacial score (nSPS) is 14.9. The minimum atomic E-state index is 0.0255. The standard InChI is InChI=1S/C20H18N2O5/c1-11-17(12-2-4-14-16(10-12)26-7-6-24-14)18(22-21-11)13-3-5-15-20(19(13)23)27-9-8-25-15/h2-5,10,23H,6-9H2,1H3,(H,21,22). The lowest BCUT2D eigenvalue weighted by Gasteiger charge is -2.21. The molecule has 0 saturated carbocycles. The number of ether oxygens (including phenoxy) is 4. The van der Waals surface area contributed by atoms with Crippen molar-refractivity contribution in [3.63, 3.8) is 0 Å². The van der Waals surface area contributed by atoms with E-state index in [2.05, 4.69) is 10.2 Å². The van der Waals surface area contributed by atoms with Gasteiger partial charge in [0.1, 0.15) is 32.1 Å². The van der Waals surface area contributed by atoms with Crippen LogP contribution in [-0.2, 0) is 0 Å². The third-order valence-electron chi connectivity index (χ3n) is 4.72. The highest BCUT2D eigenvalue weighted by molar-refractivity contribution is 5.87. The molecule has 2 aromatic carbocycles. The number of H-pyrrole nitrogens is 1. The van der Waals surface area contributed by atoms with E-state index < -0.39 is 0 Å². The Morgan fingerprint density at radius 2 is 1.59 bits per heavy atom. The Morgan fingerprint density at radius 3 is 2.44 bits per heavy atom. The molecule has 0 bridgehead atoms. The summed E-state index contributed by atoms with van der Waals surface area (Å²) in [4.78, 5) is 0. The summed E-state index contributed by atoms with van der Waals surface area (Å²) in [5, 5.41) is 18.2. The number of hydrogen-bond acceptors (Lipinski definition) is 6. The van der Waals surface area contributed by atoms with E-state index >= 15 is 0 Å². The molecule has 2 aliphatic rings. The van der Waals surface area contributed by atoms with Gasteiger partial charge in [0, 0.05) is 16.8 Å². The summed E-state index contributed by atoms with van der Waals surface area (Å²) in [6.45, 7) is 3.89. The molecule has 0 atom stereocenters. The van der Waals surface area contributed by atoms with E-state index in [1.807, 2.05) is 25.1 Å². The fourth-order valence-electron chi connectivity index (χ4n) is 3.47. The number of phenols is 1. The van der Waals surface area contributed by atoms with Crippen LogP contribution in [0.15, 0.2) is 30.3 Å². The summed E-state index contributed by atoms with van der Waals surface area (Å²) >= 11 is 0. The highest BCUT2D eigenvalue weighted by Gasteiger charge is 2.24. The molecule has 7 heteroatoms. The highest BCUT2D eigenvalue weighted by atomic mass is 16.6. The van der Waals surface area contributed by atoms with Gasteiger partial charge < -0.3 is 24.1 Å². The maximum atomic E-state index is 10.8. The zero-order valence-corrected chi connectivity index (χ0v) is 14.7. The largest absolute Gasteiger partial charge is 0.504 e. The lowest BCUT2D eigenvalue weighted by Crippen LogP contribution is -2.15. The van der Waals surface area contributed by atoms with Gasteiger partial charge in [0.05, 0.1) is 0 Å². The summed E-state index contributed by atoms with van der Waals surface area (Å²) in [5.41, 5.74) is 3.91. The number of nitrogens with one attached hydrogen (secondary N) is 1. The Hall–Kier alpha value is -3.35. The number of aromatic nitrogens is 2. The molecule has 2 N–H and O–H groups in total. The number of phenolic OH excluding ortho intramolecular Hbond substituents is 1. The van der Waals surface area contributed by atoms with Crippen LogP contribution in [0, 0.1) is 6.92 Å². The zero-order valence-electron chi connectivity index (χ0n) is 14.7.